The van der Waals surface area contributed by atoms with Crippen LogP contribution in [0.4, 0.5) is 0 Å². The van der Waals surface area contributed by atoms with Crippen molar-refractivity contribution in [3.05, 3.63) is 35.7 Å². The molecule has 1 saturated carbocycles. The monoisotopic (exact) mass is 341 g/mol. The maximum Gasteiger partial charge on any atom is 0.257 e. The largest absolute Gasteiger partial charge is 0.357 e. The SMILES string of the molecule is CCNC(=NCC1CC1)NCCc1ccc(-c2nc(CC)no2)cc1. The number of nitrogens with zero attached hydrogens (tertiary/aromatic N) is 3. The molecule has 0 spiro atoms. The van der Waals surface area contributed by atoms with Crippen LogP contribution in [-0.4, -0.2) is 35.7 Å². The highest BCUT2D eigenvalue weighted by molar-refractivity contribution is 5.79. The van der Waals surface area contributed by atoms with Gasteiger partial charge in [0.05, 0.1) is 0 Å². The second kappa shape index (κ2) is 8.65. The summed E-state index contributed by atoms with van der Waals surface area (Å²) in [6.45, 7) is 6.79. The zero-order valence-corrected chi connectivity index (χ0v) is 15.1. The molecular formula is C19H27N5O. The van der Waals surface area contributed by atoms with Gasteiger partial charge in [-0.1, -0.05) is 24.2 Å². The van der Waals surface area contributed by atoms with Gasteiger partial charge in [0.1, 0.15) is 0 Å². The van der Waals surface area contributed by atoms with Gasteiger partial charge in [-0.25, -0.2) is 0 Å². The van der Waals surface area contributed by atoms with Crippen molar-refractivity contribution in [2.45, 2.75) is 39.5 Å². The van der Waals surface area contributed by atoms with E-state index in [9.17, 15) is 0 Å². The summed E-state index contributed by atoms with van der Waals surface area (Å²) in [6, 6.07) is 8.30. The Kier molecular flexibility index (Phi) is 6.04. The molecule has 0 saturated heterocycles. The lowest BCUT2D eigenvalue weighted by molar-refractivity contribution is 0.423. The normalized spacial score (nSPS) is 14.6. The molecule has 25 heavy (non-hydrogen) atoms. The van der Waals surface area contributed by atoms with E-state index in [4.69, 9.17) is 4.52 Å². The molecule has 0 radical (unpaired) electrons. The quantitative estimate of drug-likeness (QED) is 0.570. The van der Waals surface area contributed by atoms with Crippen molar-refractivity contribution in [2.24, 2.45) is 10.9 Å². The van der Waals surface area contributed by atoms with Gasteiger partial charge in [-0.15, -0.1) is 0 Å². The molecule has 6 nitrogen and oxygen atoms in total. The number of aliphatic imine (C=N–C) groups is 1. The van der Waals surface area contributed by atoms with Crippen LogP contribution in [-0.2, 0) is 12.8 Å². The minimum Gasteiger partial charge on any atom is -0.357 e. The zero-order chi connectivity index (χ0) is 17.5. The average Bonchev–Trinajstić information content (AvgIpc) is 3.35. The molecule has 1 aromatic carbocycles. The number of aromatic nitrogens is 2. The van der Waals surface area contributed by atoms with Crippen molar-refractivity contribution in [3.63, 3.8) is 0 Å². The van der Waals surface area contributed by atoms with Crippen LogP contribution in [0.5, 0.6) is 0 Å². The van der Waals surface area contributed by atoms with Crippen molar-refractivity contribution in [1.29, 1.82) is 0 Å². The summed E-state index contributed by atoms with van der Waals surface area (Å²) in [5.74, 6) is 3.05. The molecule has 3 rings (SSSR count). The van der Waals surface area contributed by atoms with Gasteiger partial charge >= 0.3 is 0 Å². The number of nitrogens with one attached hydrogen (secondary N) is 2. The summed E-state index contributed by atoms with van der Waals surface area (Å²) < 4.78 is 5.27. The Morgan fingerprint density at radius 1 is 1.20 bits per heavy atom. The summed E-state index contributed by atoms with van der Waals surface area (Å²) in [4.78, 5) is 9.00. The standard InChI is InChI=1S/C19H27N5O/c1-3-17-23-18(25-24-17)16-9-7-14(8-10-16)11-12-21-19(20-4-2)22-13-15-5-6-15/h7-10,15H,3-6,11-13H2,1-2H3,(H2,20,21,22). The van der Waals surface area contributed by atoms with Crippen LogP contribution in [0.25, 0.3) is 11.5 Å². The second-order valence-electron chi connectivity index (χ2n) is 6.41. The Balaban J connectivity index is 1.49. The first kappa shape index (κ1) is 17.5. The van der Waals surface area contributed by atoms with Crippen LogP contribution in [0.2, 0.25) is 0 Å². The second-order valence-corrected chi connectivity index (χ2v) is 6.41. The van der Waals surface area contributed by atoms with Crippen molar-refractivity contribution in [2.75, 3.05) is 19.6 Å². The van der Waals surface area contributed by atoms with E-state index in [1.165, 1.54) is 18.4 Å². The molecule has 6 heteroatoms. The van der Waals surface area contributed by atoms with Crippen molar-refractivity contribution in [1.82, 2.24) is 20.8 Å². The smallest absolute Gasteiger partial charge is 0.257 e. The van der Waals surface area contributed by atoms with Gasteiger partial charge < -0.3 is 15.2 Å². The molecule has 134 valence electrons. The minimum absolute atomic E-state index is 0.586. The Labute approximate surface area is 149 Å². The third-order valence-electron chi connectivity index (χ3n) is 4.24. The number of benzene rings is 1. The van der Waals surface area contributed by atoms with Gasteiger partial charge in [-0.2, -0.15) is 4.98 Å². The minimum atomic E-state index is 0.586. The van der Waals surface area contributed by atoms with Crippen molar-refractivity contribution < 1.29 is 4.52 Å². The van der Waals surface area contributed by atoms with E-state index in [0.717, 1.165) is 55.7 Å². The van der Waals surface area contributed by atoms with Crippen LogP contribution in [0.3, 0.4) is 0 Å². The molecule has 0 aliphatic heterocycles. The summed E-state index contributed by atoms with van der Waals surface area (Å²) in [5.41, 5.74) is 2.23. The third-order valence-corrected chi connectivity index (χ3v) is 4.24. The molecular weight excluding hydrogens is 314 g/mol. The van der Waals surface area contributed by atoms with Gasteiger partial charge in [-0.3, -0.25) is 4.99 Å². The van der Waals surface area contributed by atoms with Crippen LogP contribution in [0.15, 0.2) is 33.8 Å². The molecule has 2 aromatic rings. The van der Waals surface area contributed by atoms with Gasteiger partial charge in [0.15, 0.2) is 11.8 Å². The molecule has 0 unspecified atom stereocenters. The van der Waals surface area contributed by atoms with Crippen LogP contribution in [0.1, 0.15) is 38.1 Å². The summed E-state index contributed by atoms with van der Waals surface area (Å²) in [6.07, 6.45) is 4.38. The van der Waals surface area contributed by atoms with Gasteiger partial charge in [0, 0.05) is 31.6 Å². The predicted molar refractivity (Wildman–Crippen MR) is 99.5 cm³/mol. The number of aryl methyl sites for hydroxylation is 1. The van der Waals surface area contributed by atoms with Gasteiger partial charge in [-0.05, 0) is 49.8 Å². The van der Waals surface area contributed by atoms with Gasteiger partial charge in [0.2, 0.25) is 0 Å². The molecule has 0 bridgehead atoms. The molecule has 1 fully saturated rings. The number of hydrogen-bond acceptors (Lipinski definition) is 4. The Hall–Kier alpha value is -2.37. The van der Waals surface area contributed by atoms with Crippen LogP contribution < -0.4 is 10.6 Å². The van der Waals surface area contributed by atoms with E-state index >= 15 is 0 Å². The third kappa shape index (κ3) is 5.31. The van der Waals surface area contributed by atoms with E-state index in [1.807, 2.05) is 19.1 Å². The molecule has 1 aliphatic rings. The molecule has 2 N–H and O–H groups in total. The Morgan fingerprint density at radius 3 is 2.64 bits per heavy atom. The maximum atomic E-state index is 5.27. The van der Waals surface area contributed by atoms with Crippen molar-refractivity contribution in [3.8, 4) is 11.5 Å². The Bertz CT molecular complexity index is 688. The highest BCUT2D eigenvalue weighted by Gasteiger charge is 2.20. The fourth-order valence-electron chi connectivity index (χ4n) is 2.52. The summed E-state index contributed by atoms with van der Waals surface area (Å²) in [5, 5.41) is 10.6. The van der Waals surface area contributed by atoms with Crippen LogP contribution >= 0.6 is 0 Å². The fraction of sp³-hybridized carbons (Fsp3) is 0.526. The maximum absolute atomic E-state index is 5.27. The van der Waals surface area contributed by atoms with E-state index in [-0.39, 0.29) is 0 Å². The number of rotatable bonds is 8. The highest BCUT2D eigenvalue weighted by atomic mass is 16.5. The van der Waals surface area contributed by atoms with Crippen LogP contribution in [0, 0.1) is 5.92 Å². The Morgan fingerprint density at radius 2 is 2.00 bits per heavy atom. The number of guanidine groups is 1. The van der Waals surface area contributed by atoms with E-state index in [2.05, 4.69) is 44.8 Å². The molecule has 0 atom stereocenters. The average molecular weight is 341 g/mol. The molecule has 1 aliphatic carbocycles. The van der Waals surface area contributed by atoms with Crippen molar-refractivity contribution >= 4 is 5.96 Å². The summed E-state index contributed by atoms with van der Waals surface area (Å²) in [7, 11) is 0. The first-order valence-electron chi connectivity index (χ1n) is 9.22. The lowest BCUT2D eigenvalue weighted by Crippen LogP contribution is -2.38. The van der Waals surface area contributed by atoms with E-state index < -0.39 is 0 Å². The first-order valence-corrected chi connectivity index (χ1v) is 9.22. The molecule has 0 amide bonds. The zero-order valence-electron chi connectivity index (χ0n) is 15.1. The molecule has 1 heterocycles. The van der Waals surface area contributed by atoms with E-state index in [1.54, 1.807) is 0 Å². The highest BCUT2D eigenvalue weighted by Crippen LogP contribution is 2.28. The first-order chi connectivity index (χ1) is 12.3. The van der Waals surface area contributed by atoms with Gasteiger partial charge in [0.25, 0.3) is 5.89 Å². The lowest BCUT2D eigenvalue weighted by Gasteiger charge is -2.11. The molecule has 1 aromatic heterocycles. The number of hydrogen-bond donors (Lipinski definition) is 2. The van der Waals surface area contributed by atoms with E-state index in [0.29, 0.717) is 5.89 Å². The lowest BCUT2D eigenvalue weighted by atomic mass is 10.1. The predicted octanol–water partition coefficient (Wildman–Crippen LogP) is 2.81. The topological polar surface area (TPSA) is 75.3 Å². The fourth-order valence-corrected chi connectivity index (χ4v) is 2.52. The summed E-state index contributed by atoms with van der Waals surface area (Å²) >= 11 is 0.